The highest BCUT2D eigenvalue weighted by Gasteiger charge is 2.31. The molecule has 1 aliphatic rings. The number of benzene rings is 2. The van der Waals surface area contributed by atoms with E-state index < -0.39 is 10.0 Å². The van der Waals surface area contributed by atoms with Gasteiger partial charge in [0.2, 0.25) is 10.0 Å². The monoisotopic (exact) mass is 444 g/mol. The number of carbonyl (C=O) groups is 1. The predicted molar refractivity (Wildman–Crippen MR) is 122 cm³/mol. The van der Waals surface area contributed by atoms with Gasteiger partial charge in [0.25, 0.3) is 5.91 Å². The molecule has 31 heavy (non-hydrogen) atoms. The van der Waals surface area contributed by atoms with E-state index in [1.165, 1.54) is 9.87 Å². The van der Waals surface area contributed by atoms with Crippen LogP contribution in [0, 0.1) is 13.8 Å². The van der Waals surface area contributed by atoms with Crippen LogP contribution in [0.5, 0.6) is 5.75 Å². The van der Waals surface area contributed by atoms with Gasteiger partial charge in [-0.2, -0.15) is 4.31 Å². The van der Waals surface area contributed by atoms with Crippen molar-refractivity contribution in [2.75, 3.05) is 19.7 Å². The molecular weight excluding hydrogens is 412 g/mol. The van der Waals surface area contributed by atoms with Crippen LogP contribution in [0.3, 0.4) is 0 Å². The SMILES string of the molecule is CCCc1ccc(OCC(=O)NC2CCN(S(=O)(=O)c3cc(C)ccc3C)CC2)cc1. The first-order valence-electron chi connectivity index (χ1n) is 10.9. The van der Waals surface area contributed by atoms with Gasteiger partial charge in [0.1, 0.15) is 5.75 Å². The maximum absolute atomic E-state index is 13.0. The van der Waals surface area contributed by atoms with E-state index in [4.69, 9.17) is 4.74 Å². The van der Waals surface area contributed by atoms with Crippen LogP contribution < -0.4 is 10.1 Å². The lowest BCUT2D eigenvalue weighted by Crippen LogP contribution is -2.47. The van der Waals surface area contributed by atoms with Gasteiger partial charge in [0.15, 0.2) is 6.61 Å². The first kappa shape index (κ1) is 23.3. The fourth-order valence-electron chi connectivity index (χ4n) is 3.82. The van der Waals surface area contributed by atoms with Crippen LogP contribution in [-0.4, -0.2) is 44.4 Å². The van der Waals surface area contributed by atoms with Crippen molar-refractivity contribution in [2.45, 2.75) is 57.4 Å². The summed E-state index contributed by atoms with van der Waals surface area (Å²) >= 11 is 0. The Kier molecular flexibility index (Phi) is 7.73. The lowest BCUT2D eigenvalue weighted by atomic mass is 10.1. The molecule has 0 spiro atoms. The number of amides is 1. The Morgan fingerprint density at radius 3 is 2.42 bits per heavy atom. The summed E-state index contributed by atoms with van der Waals surface area (Å²) in [5.41, 5.74) is 2.93. The van der Waals surface area contributed by atoms with Gasteiger partial charge in [0.05, 0.1) is 4.90 Å². The molecule has 1 aliphatic heterocycles. The Morgan fingerprint density at radius 2 is 1.77 bits per heavy atom. The standard InChI is InChI=1S/C24H32N2O4S/c1-4-5-20-8-10-22(11-9-20)30-17-24(27)25-21-12-14-26(15-13-21)31(28,29)23-16-18(2)6-7-19(23)3/h6-11,16,21H,4-5,12-15,17H2,1-3H3,(H,25,27). The number of sulfonamides is 1. The smallest absolute Gasteiger partial charge is 0.258 e. The second-order valence-electron chi connectivity index (χ2n) is 8.20. The van der Waals surface area contributed by atoms with Gasteiger partial charge in [0, 0.05) is 19.1 Å². The summed E-state index contributed by atoms with van der Waals surface area (Å²) in [5, 5.41) is 2.97. The summed E-state index contributed by atoms with van der Waals surface area (Å²) in [6.07, 6.45) is 3.29. The van der Waals surface area contributed by atoms with Crippen molar-refractivity contribution >= 4 is 15.9 Å². The second-order valence-corrected chi connectivity index (χ2v) is 10.1. The minimum absolute atomic E-state index is 0.0475. The number of carbonyl (C=O) groups excluding carboxylic acids is 1. The van der Waals surface area contributed by atoms with E-state index in [1.54, 1.807) is 6.07 Å². The third-order valence-corrected chi connectivity index (χ3v) is 7.65. The largest absolute Gasteiger partial charge is 0.484 e. The first-order chi connectivity index (χ1) is 14.8. The van der Waals surface area contributed by atoms with E-state index in [1.807, 2.05) is 50.2 Å². The molecule has 0 aliphatic carbocycles. The van der Waals surface area contributed by atoms with Crippen LogP contribution in [0.4, 0.5) is 0 Å². The third kappa shape index (κ3) is 6.08. The molecule has 2 aromatic carbocycles. The highest BCUT2D eigenvalue weighted by Crippen LogP contribution is 2.24. The predicted octanol–water partition coefficient (Wildman–Crippen LogP) is 3.60. The Hall–Kier alpha value is -2.38. The van der Waals surface area contributed by atoms with Crippen LogP contribution in [-0.2, 0) is 21.2 Å². The average molecular weight is 445 g/mol. The number of hydrogen-bond donors (Lipinski definition) is 1. The molecule has 0 atom stereocenters. The van der Waals surface area contributed by atoms with Crippen molar-refractivity contribution in [3.8, 4) is 5.75 Å². The number of ether oxygens (including phenoxy) is 1. The molecule has 6 nitrogen and oxygen atoms in total. The van der Waals surface area contributed by atoms with Crippen LogP contribution in [0.25, 0.3) is 0 Å². The zero-order chi connectivity index (χ0) is 22.4. The molecule has 1 amide bonds. The van der Waals surface area contributed by atoms with Crippen molar-refractivity contribution in [1.82, 2.24) is 9.62 Å². The molecule has 0 radical (unpaired) electrons. The molecule has 7 heteroatoms. The van der Waals surface area contributed by atoms with E-state index >= 15 is 0 Å². The molecule has 0 bridgehead atoms. The van der Waals surface area contributed by atoms with Gasteiger partial charge in [-0.15, -0.1) is 0 Å². The molecule has 0 unspecified atom stereocenters. The summed E-state index contributed by atoms with van der Waals surface area (Å²) in [6, 6.07) is 13.2. The Labute approximate surface area is 185 Å². The van der Waals surface area contributed by atoms with E-state index in [0.717, 1.165) is 24.0 Å². The van der Waals surface area contributed by atoms with Crippen molar-refractivity contribution < 1.29 is 17.9 Å². The van der Waals surface area contributed by atoms with Gasteiger partial charge in [-0.25, -0.2) is 8.42 Å². The molecule has 0 saturated carbocycles. The molecule has 0 aromatic heterocycles. The van der Waals surface area contributed by atoms with Crippen LogP contribution >= 0.6 is 0 Å². The van der Waals surface area contributed by atoms with Crippen molar-refractivity contribution in [1.29, 1.82) is 0 Å². The lowest BCUT2D eigenvalue weighted by Gasteiger charge is -2.32. The van der Waals surface area contributed by atoms with E-state index in [2.05, 4.69) is 12.2 Å². The average Bonchev–Trinajstić information content (AvgIpc) is 2.75. The maximum Gasteiger partial charge on any atom is 0.258 e. The van der Waals surface area contributed by atoms with Crippen LogP contribution in [0.2, 0.25) is 0 Å². The highest BCUT2D eigenvalue weighted by atomic mass is 32.2. The number of aryl methyl sites for hydroxylation is 3. The summed E-state index contributed by atoms with van der Waals surface area (Å²) in [4.78, 5) is 12.6. The normalized spacial score (nSPS) is 15.6. The van der Waals surface area contributed by atoms with E-state index in [0.29, 0.717) is 36.6 Å². The minimum Gasteiger partial charge on any atom is -0.484 e. The zero-order valence-electron chi connectivity index (χ0n) is 18.6. The molecule has 1 fully saturated rings. The molecule has 1 N–H and O–H groups in total. The van der Waals surface area contributed by atoms with Crippen molar-refractivity contribution in [3.05, 3.63) is 59.2 Å². The number of nitrogens with zero attached hydrogens (tertiary/aromatic N) is 1. The molecule has 2 aromatic rings. The van der Waals surface area contributed by atoms with Crippen LogP contribution in [0.1, 0.15) is 42.9 Å². The minimum atomic E-state index is -3.53. The molecule has 3 rings (SSSR count). The maximum atomic E-state index is 13.0. The fourth-order valence-corrected chi connectivity index (χ4v) is 5.60. The Balaban J connectivity index is 1.48. The first-order valence-corrected chi connectivity index (χ1v) is 12.3. The molecular formula is C24H32N2O4S. The third-order valence-electron chi connectivity index (χ3n) is 5.61. The van der Waals surface area contributed by atoms with E-state index in [-0.39, 0.29) is 18.6 Å². The number of nitrogens with one attached hydrogen (secondary N) is 1. The Bertz CT molecular complexity index is 995. The fraction of sp³-hybridized carbons (Fsp3) is 0.458. The van der Waals surface area contributed by atoms with Crippen molar-refractivity contribution in [3.63, 3.8) is 0 Å². The number of piperidine rings is 1. The van der Waals surface area contributed by atoms with Gasteiger partial charge in [-0.1, -0.05) is 37.6 Å². The molecule has 1 heterocycles. The van der Waals surface area contributed by atoms with E-state index in [9.17, 15) is 13.2 Å². The van der Waals surface area contributed by atoms with Gasteiger partial charge in [-0.3, -0.25) is 4.79 Å². The van der Waals surface area contributed by atoms with Crippen molar-refractivity contribution in [2.24, 2.45) is 0 Å². The van der Waals surface area contributed by atoms with Gasteiger partial charge in [-0.05, 0) is 68.0 Å². The van der Waals surface area contributed by atoms with Gasteiger partial charge < -0.3 is 10.1 Å². The summed E-state index contributed by atoms with van der Waals surface area (Å²) < 4.78 is 33.2. The zero-order valence-corrected chi connectivity index (χ0v) is 19.4. The second kappa shape index (κ2) is 10.3. The molecule has 168 valence electrons. The van der Waals surface area contributed by atoms with Gasteiger partial charge >= 0.3 is 0 Å². The summed E-state index contributed by atoms with van der Waals surface area (Å²) in [5.74, 6) is 0.484. The number of hydrogen-bond acceptors (Lipinski definition) is 4. The molecule has 1 saturated heterocycles. The topological polar surface area (TPSA) is 75.7 Å². The highest BCUT2D eigenvalue weighted by molar-refractivity contribution is 7.89. The number of rotatable bonds is 8. The van der Waals surface area contributed by atoms with Crippen LogP contribution in [0.15, 0.2) is 47.4 Å². The lowest BCUT2D eigenvalue weighted by molar-refractivity contribution is -0.124. The quantitative estimate of drug-likeness (QED) is 0.675. The summed E-state index contributed by atoms with van der Waals surface area (Å²) in [6.45, 7) is 6.58. The summed E-state index contributed by atoms with van der Waals surface area (Å²) in [7, 11) is -3.53. The Morgan fingerprint density at radius 1 is 1.10 bits per heavy atom.